The van der Waals surface area contributed by atoms with Crippen LogP contribution in [0, 0.1) is 5.21 Å². The molecule has 1 aromatic rings. The van der Waals surface area contributed by atoms with E-state index in [-0.39, 0.29) is 0 Å². The Kier molecular flexibility index (Phi) is 2.55. The molecule has 1 aromatic heterocycles. The maximum atomic E-state index is 11.1. The monoisotopic (exact) mass is 182 g/mol. The molecule has 0 N–H and O–H groups in total. The molecule has 0 saturated carbocycles. The maximum absolute atomic E-state index is 11.1. The van der Waals surface area contributed by atoms with Crippen molar-refractivity contribution in [1.29, 1.82) is 0 Å². The van der Waals surface area contributed by atoms with Crippen molar-refractivity contribution in [2.45, 2.75) is 0 Å². The second-order valence-corrected chi connectivity index (χ2v) is 3.24. The minimum Gasteiger partial charge on any atom is -0.619 e. The lowest BCUT2D eigenvalue weighted by molar-refractivity contribution is -0.604. The highest BCUT2D eigenvalue weighted by Gasteiger charge is 2.07. The van der Waals surface area contributed by atoms with Crippen molar-refractivity contribution in [2.75, 3.05) is 38.0 Å². The van der Waals surface area contributed by atoms with E-state index in [0.717, 1.165) is 4.73 Å². The Morgan fingerprint density at radius 1 is 1.08 bits per heavy atom. The van der Waals surface area contributed by atoms with Crippen molar-refractivity contribution in [2.24, 2.45) is 0 Å². The van der Waals surface area contributed by atoms with Crippen LogP contribution in [0.2, 0.25) is 0 Å². The highest BCUT2D eigenvalue weighted by Crippen LogP contribution is 2.09. The Morgan fingerprint density at radius 3 is 1.77 bits per heavy atom. The van der Waals surface area contributed by atoms with E-state index in [1.165, 1.54) is 12.4 Å². The quantitative estimate of drug-likeness (QED) is 0.471. The van der Waals surface area contributed by atoms with Crippen LogP contribution >= 0.6 is 0 Å². The number of anilines is 2. The van der Waals surface area contributed by atoms with E-state index < -0.39 is 0 Å². The van der Waals surface area contributed by atoms with Crippen molar-refractivity contribution < 1.29 is 4.73 Å². The summed E-state index contributed by atoms with van der Waals surface area (Å²) in [6, 6.07) is 0. The Bertz CT molecular complexity index is 272. The molecular weight excluding hydrogens is 168 g/mol. The van der Waals surface area contributed by atoms with Crippen LogP contribution in [0.25, 0.3) is 0 Å². The molecule has 0 spiro atoms. The van der Waals surface area contributed by atoms with Crippen molar-refractivity contribution in [1.82, 2.24) is 4.98 Å². The van der Waals surface area contributed by atoms with Gasteiger partial charge in [-0.2, -0.15) is 4.73 Å². The van der Waals surface area contributed by atoms with Gasteiger partial charge >= 0.3 is 0 Å². The first-order valence-electron chi connectivity index (χ1n) is 3.96. The molecule has 5 heteroatoms. The van der Waals surface area contributed by atoms with E-state index in [9.17, 15) is 5.21 Å². The van der Waals surface area contributed by atoms with Crippen LogP contribution < -0.4 is 14.5 Å². The van der Waals surface area contributed by atoms with E-state index in [1.54, 1.807) is 9.80 Å². The second kappa shape index (κ2) is 3.47. The minimum atomic E-state index is 0.654. The molecule has 5 nitrogen and oxygen atoms in total. The first-order chi connectivity index (χ1) is 6.00. The van der Waals surface area contributed by atoms with Gasteiger partial charge in [-0.15, -0.1) is 0 Å². The van der Waals surface area contributed by atoms with Crippen LogP contribution in [-0.2, 0) is 0 Å². The topological polar surface area (TPSA) is 46.3 Å². The Labute approximate surface area is 77.8 Å². The van der Waals surface area contributed by atoms with E-state index in [1.807, 2.05) is 28.2 Å². The van der Waals surface area contributed by atoms with Gasteiger partial charge in [0.05, 0.1) is 0 Å². The summed E-state index contributed by atoms with van der Waals surface area (Å²) in [4.78, 5) is 7.85. The summed E-state index contributed by atoms with van der Waals surface area (Å²) in [7, 11) is 7.40. The van der Waals surface area contributed by atoms with Crippen LogP contribution in [0.15, 0.2) is 12.4 Å². The molecule has 0 atom stereocenters. The van der Waals surface area contributed by atoms with Crippen molar-refractivity contribution in [3.63, 3.8) is 0 Å². The third kappa shape index (κ3) is 2.21. The van der Waals surface area contributed by atoms with Gasteiger partial charge in [-0.3, -0.25) is 0 Å². The highest BCUT2D eigenvalue weighted by molar-refractivity contribution is 5.41. The molecule has 0 fully saturated rings. The summed E-state index contributed by atoms with van der Waals surface area (Å²) >= 11 is 0. The second-order valence-electron chi connectivity index (χ2n) is 3.24. The Balaban J connectivity index is 3.11. The van der Waals surface area contributed by atoms with E-state index in [4.69, 9.17) is 0 Å². The predicted octanol–water partition coefficient (Wildman–Crippen LogP) is -0.153. The number of aromatic nitrogens is 2. The largest absolute Gasteiger partial charge is 0.619 e. The van der Waals surface area contributed by atoms with Crippen molar-refractivity contribution >= 4 is 11.6 Å². The van der Waals surface area contributed by atoms with Crippen molar-refractivity contribution in [3.05, 3.63) is 17.6 Å². The van der Waals surface area contributed by atoms with Crippen LogP contribution in [0.1, 0.15) is 0 Å². The molecule has 0 unspecified atom stereocenters. The molecule has 0 saturated heterocycles. The first-order valence-corrected chi connectivity index (χ1v) is 3.96. The first kappa shape index (κ1) is 9.57. The van der Waals surface area contributed by atoms with E-state index in [2.05, 4.69) is 4.98 Å². The standard InChI is InChI=1S/C8H14N4O/c1-10(2)7-5-12(13)6-8(9-7)11(3)4/h5-6H,1-4H3. The summed E-state index contributed by atoms with van der Waals surface area (Å²) < 4.78 is 0.762. The lowest BCUT2D eigenvalue weighted by Gasteiger charge is -2.14. The third-order valence-electron chi connectivity index (χ3n) is 1.63. The predicted molar refractivity (Wildman–Crippen MR) is 51.9 cm³/mol. The molecule has 0 aliphatic carbocycles. The van der Waals surface area contributed by atoms with Gasteiger partial charge in [0, 0.05) is 28.2 Å². The average molecular weight is 182 g/mol. The number of hydrogen-bond donors (Lipinski definition) is 0. The Hall–Kier alpha value is -1.52. The van der Waals surface area contributed by atoms with E-state index >= 15 is 0 Å². The van der Waals surface area contributed by atoms with Crippen LogP contribution in [0.4, 0.5) is 11.6 Å². The smallest absolute Gasteiger partial charge is 0.223 e. The fourth-order valence-corrected chi connectivity index (χ4v) is 0.871. The molecule has 0 radical (unpaired) electrons. The molecular formula is C8H14N4O. The van der Waals surface area contributed by atoms with Gasteiger partial charge in [-0.25, -0.2) is 4.98 Å². The van der Waals surface area contributed by atoms with Gasteiger partial charge in [0.25, 0.3) is 0 Å². The van der Waals surface area contributed by atoms with Gasteiger partial charge in [0.2, 0.25) is 12.4 Å². The molecule has 0 aromatic carbocycles. The molecule has 1 rings (SSSR count). The van der Waals surface area contributed by atoms with Crippen molar-refractivity contribution in [3.8, 4) is 0 Å². The zero-order valence-electron chi connectivity index (χ0n) is 8.35. The van der Waals surface area contributed by atoms with Crippen LogP contribution in [0.3, 0.4) is 0 Å². The molecule has 0 aliphatic rings. The lowest BCUT2D eigenvalue weighted by atomic mass is 10.5. The summed E-state index contributed by atoms with van der Waals surface area (Å²) in [5, 5.41) is 11.1. The maximum Gasteiger partial charge on any atom is 0.223 e. The zero-order valence-corrected chi connectivity index (χ0v) is 8.35. The third-order valence-corrected chi connectivity index (χ3v) is 1.63. The molecule has 0 bridgehead atoms. The minimum absolute atomic E-state index is 0.654. The highest BCUT2D eigenvalue weighted by atomic mass is 16.5. The fourth-order valence-electron chi connectivity index (χ4n) is 0.871. The zero-order chi connectivity index (χ0) is 10.0. The van der Waals surface area contributed by atoms with Crippen LogP contribution in [0.5, 0.6) is 0 Å². The summed E-state index contributed by atoms with van der Waals surface area (Å²) in [5.41, 5.74) is 0. The van der Waals surface area contributed by atoms with Gasteiger partial charge in [-0.05, 0) is 0 Å². The lowest BCUT2D eigenvalue weighted by Crippen LogP contribution is -2.30. The summed E-state index contributed by atoms with van der Waals surface area (Å²) in [6.45, 7) is 0. The Morgan fingerprint density at radius 2 is 1.46 bits per heavy atom. The molecule has 1 heterocycles. The van der Waals surface area contributed by atoms with E-state index in [0.29, 0.717) is 11.6 Å². The van der Waals surface area contributed by atoms with Gasteiger partial charge < -0.3 is 15.0 Å². The SMILES string of the molecule is CN(C)c1c[n+]([O-])cc(N(C)C)n1. The molecule has 0 amide bonds. The van der Waals surface area contributed by atoms with Gasteiger partial charge in [0.1, 0.15) is 0 Å². The van der Waals surface area contributed by atoms with Crippen LogP contribution in [-0.4, -0.2) is 33.2 Å². The number of hydrogen-bond acceptors (Lipinski definition) is 4. The number of rotatable bonds is 2. The summed E-state index contributed by atoms with van der Waals surface area (Å²) in [6.07, 6.45) is 2.88. The molecule has 72 valence electrons. The molecule has 0 aliphatic heterocycles. The average Bonchev–Trinajstić information content (AvgIpc) is 2.03. The molecule has 13 heavy (non-hydrogen) atoms. The summed E-state index contributed by atoms with van der Waals surface area (Å²) in [5.74, 6) is 1.31. The number of nitrogens with zero attached hydrogens (tertiary/aromatic N) is 4. The van der Waals surface area contributed by atoms with Gasteiger partial charge in [0.15, 0.2) is 11.6 Å². The fraction of sp³-hybridized carbons (Fsp3) is 0.500. The normalized spacial score (nSPS) is 9.85. The van der Waals surface area contributed by atoms with Gasteiger partial charge in [-0.1, -0.05) is 0 Å².